The zero-order valence-electron chi connectivity index (χ0n) is 12.7. The summed E-state index contributed by atoms with van der Waals surface area (Å²) in [4.78, 5) is 4.22. The number of hydrogen-bond acceptors (Lipinski definition) is 4. The van der Waals surface area contributed by atoms with Crippen molar-refractivity contribution >= 4 is 5.82 Å². The van der Waals surface area contributed by atoms with Crippen LogP contribution in [0.3, 0.4) is 0 Å². The molecule has 5 nitrogen and oxygen atoms in total. The van der Waals surface area contributed by atoms with E-state index in [9.17, 15) is 8.78 Å². The van der Waals surface area contributed by atoms with E-state index < -0.39 is 11.3 Å². The Kier molecular flexibility index (Phi) is 3.58. The molecule has 0 amide bonds. The van der Waals surface area contributed by atoms with E-state index in [1.165, 1.54) is 0 Å². The van der Waals surface area contributed by atoms with Gasteiger partial charge in [0.25, 0.3) is 0 Å². The lowest BCUT2D eigenvalue weighted by Crippen LogP contribution is -2.51. The summed E-state index contributed by atoms with van der Waals surface area (Å²) in [5.41, 5.74) is 0.282. The number of hydrogen-bond donors (Lipinski definition) is 1. The summed E-state index contributed by atoms with van der Waals surface area (Å²) in [5, 5.41) is 11.0. The van der Waals surface area contributed by atoms with E-state index in [1.807, 2.05) is 26.1 Å². The van der Waals surface area contributed by atoms with Crippen LogP contribution in [0.2, 0.25) is 0 Å². The summed E-state index contributed by atoms with van der Waals surface area (Å²) < 4.78 is 29.0. The van der Waals surface area contributed by atoms with Crippen LogP contribution >= 0.6 is 0 Å². The number of nitrogens with zero attached hydrogens (tertiary/aromatic N) is 4. The Bertz CT molecular complexity index is 659. The van der Waals surface area contributed by atoms with Crippen molar-refractivity contribution in [1.82, 2.24) is 19.7 Å². The van der Waals surface area contributed by atoms with Crippen LogP contribution in [-0.4, -0.2) is 32.2 Å². The minimum atomic E-state index is -2.61. The van der Waals surface area contributed by atoms with E-state index in [-0.39, 0.29) is 12.8 Å². The van der Waals surface area contributed by atoms with Crippen LogP contribution < -0.4 is 5.32 Å². The van der Waals surface area contributed by atoms with Crippen molar-refractivity contribution in [3.63, 3.8) is 0 Å². The zero-order valence-corrected chi connectivity index (χ0v) is 12.7. The third-order valence-corrected chi connectivity index (χ3v) is 4.23. The van der Waals surface area contributed by atoms with Crippen molar-refractivity contribution in [2.75, 3.05) is 11.9 Å². The molecule has 1 fully saturated rings. The van der Waals surface area contributed by atoms with Gasteiger partial charge in [-0.25, -0.2) is 13.8 Å². The SMILES string of the molecule is CCNc1cc(C2(Cc3nncn3C)CC(F)(F)C2)ccn1. The van der Waals surface area contributed by atoms with Gasteiger partial charge in [-0.05, 0) is 24.6 Å². The van der Waals surface area contributed by atoms with Crippen molar-refractivity contribution < 1.29 is 8.78 Å². The minimum absolute atomic E-state index is 0.164. The summed E-state index contributed by atoms with van der Waals surface area (Å²) in [6, 6.07) is 3.70. The maximum Gasteiger partial charge on any atom is 0.249 e. The lowest BCUT2D eigenvalue weighted by molar-refractivity contribution is -0.127. The number of nitrogens with one attached hydrogen (secondary N) is 1. The Hall–Kier alpha value is -2.05. The van der Waals surface area contributed by atoms with E-state index in [0.717, 1.165) is 17.9 Å². The summed E-state index contributed by atoms with van der Waals surface area (Å²) in [6.07, 6.45) is 3.39. The summed E-state index contributed by atoms with van der Waals surface area (Å²) in [6.45, 7) is 2.71. The van der Waals surface area contributed by atoms with Crippen LogP contribution in [-0.2, 0) is 18.9 Å². The molecule has 2 aromatic rings. The molecule has 2 heterocycles. The lowest BCUT2D eigenvalue weighted by atomic mass is 9.60. The van der Waals surface area contributed by atoms with Gasteiger partial charge in [0.05, 0.1) is 0 Å². The van der Waals surface area contributed by atoms with E-state index in [0.29, 0.717) is 12.2 Å². The van der Waals surface area contributed by atoms with Gasteiger partial charge < -0.3 is 9.88 Å². The van der Waals surface area contributed by atoms with Crippen LogP contribution in [0, 0.1) is 0 Å². The fourth-order valence-electron chi connectivity index (χ4n) is 3.18. The smallest absolute Gasteiger partial charge is 0.249 e. The van der Waals surface area contributed by atoms with E-state index in [2.05, 4.69) is 20.5 Å². The average Bonchev–Trinajstić information content (AvgIpc) is 2.82. The second-order valence-corrected chi connectivity index (χ2v) is 5.98. The van der Waals surface area contributed by atoms with Crippen LogP contribution in [0.5, 0.6) is 0 Å². The second-order valence-electron chi connectivity index (χ2n) is 5.98. The summed E-state index contributed by atoms with van der Waals surface area (Å²) >= 11 is 0. The Balaban J connectivity index is 1.93. The van der Waals surface area contributed by atoms with Gasteiger partial charge in [-0.15, -0.1) is 10.2 Å². The first kappa shape index (κ1) is 14.9. The van der Waals surface area contributed by atoms with Crippen molar-refractivity contribution in [1.29, 1.82) is 0 Å². The number of halogens is 2. The fraction of sp³-hybridized carbons (Fsp3) is 0.533. The first-order valence-corrected chi connectivity index (χ1v) is 7.35. The molecule has 1 saturated carbocycles. The van der Waals surface area contributed by atoms with Crippen LogP contribution in [0.25, 0.3) is 0 Å². The Morgan fingerprint density at radius 1 is 1.36 bits per heavy atom. The van der Waals surface area contributed by atoms with Gasteiger partial charge in [0.1, 0.15) is 18.0 Å². The molecule has 0 aromatic carbocycles. The van der Waals surface area contributed by atoms with Crippen LogP contribution in [0.15, 0.2) is 24.7 Å². The largest absolute Gasteiger partial charge is 0.370 e. The highest BCUT2D eigenvalue weighted by Crippen LogP contribution is 2.55. The van der Waals surface area contributed by atoms with Crippen molar-refractivity contribution in [3.05, 3.63) is 36.0 Å². The molecule has 2 aromatic heterocycles. The molecule has 3 rings (SSSR count). The normalized spacial score (nSPS) is 18.7. The highest BCUT2D eigenvalue weighted by Gasteiger charge is 2.57. The molecule has 1 N–H and O–H groups in total. The lowest BCUT2D eigenvalue weighted by Gasteiger charge is -2.47. The molecule has 118 valence electrons. The predicted molar refractivity (Wildman–Crippen MR) is 79.0 cm³/mol. The third-order valence-electron chi connectivity index (χ3n) is 4.23. The standard InChI is InChI=1S/C15H19F2N5/c1-3-18-12-6-11(4-5-19-12)14(8-15(16,17)9-14)7-13-21-20-10-22(13)2/h4-6,10H,3,7-9H2,1-2H3,(H,18,19). The van der Waals surface area contributed by atoms with Gasteiger partial charge >= 0.3 is 0 Å². The van der Waals surface area contributed by atoms with Gasteiger partial charge in [0.15, 0.2) is 0 Å². The van der Waals surface area contributed by atoms with Gasteiger partial charge in [-0.2, -0.15) is 0 Å². The molecule has 0 aliphatic heterocycles. The highest BCUT2D eigenvalue weighted by atomic mass is 19.3. The van der Waals surface area contributed by atoms with Crippen LogP contribution in [0.4, 0.5) is 14.6 Å². The molecule has 0 radical (unpaired) electrons. The Labute approximate surface area is 127 Å². The van der Waals surface area contributed by atoms with Gasteiger partial charge in [0, 0.05) is 44.5 Å². The van der Waals surface area contributed by atoms with Crippen molar-refractivity contribution in [3.8, 4) is 0 Å². The third kappa shape index (κ3) is 2.67. The molecule has 0 bridgehead atoms. The van der Waals surface area contributed by atoms with E-state index >= 15 is 0 Å². The maximum absolute atomic E-state index is 13.6. The van der Waals surface area contributed by atoms with Gasteiger partial charge in [0.2, 0.25) is 5.92 Å². The number of rotatable bonds is 5. The number of alkyl halides is 2. The summed E-state index contributed by atoms with van der Waals surface area (Å²) in [5.74, 6) is -1.18. The number of anilines is 1. The Morgan fingerprint density at radius 3 is 2.73 bits per heavy atom. The number of pyridine rings is 1. The number of aromatic nitrogens is 4. The molecule has 1 aliphatic carbocycles. The second kappa shape index (κ2) is 5.30. The van der Waals surface area contributed by atoms with Gasteiger partial charge in [-0.3, -0.25) is 0 Å². The molecular formula is C15H19F2N5. The monoisotopic (exact) mass is 307 g/mol. The van der Waals surface area contributed by atoms with Crippen molar-refractivity contribution in [2.45, 2.75) is 37.5 Å². The fourth-order valence-corrected chi connectivity index (χ4v) is 3.18. The summed E-state index contributed by atoms with van der Waals surface area (Å²) in [7, 11) is 1.83. The molecule has 22 heavy (non-hydrogen) atoms. The van der Waals surface area contributed by atoms with E-state index in [1.54, 1.807) is 17.1 Å². The first-order valence-electron chi connectivity index (χ1n) is 7.35. The topological polar surface area (TPSA) is 55.6 Å². The highest BCUT2D eigenvalue weighted by molar-refractivity contribution is 5.42. The Morgan fingerprint density at radius 2 is 2.14 bits per heavy atom. The van der Waals surface area contributed by atoms with Crippen LogP contribution in [0.1, 0.15) is 31.2 Å². The van der Waals surface area contributed by atoms with E-state index in [4.69, 9.17) is 0 Å². The molecular weight excluding hydrogens is 288 g/mol. The zero-order chi connectivity index (χ0) is 15.8. The molecule has 0 saturated heterocycles. The molecule has 7 heteroatoms. The van der Waals surface area contributed by atoms with Crippen molar-refractivity contribution in [2.24, 2.45) is 7.05 Å². The molecule has 0 spiro atoms. The number of aryl methyl sites for hydroxylation is 1. The maximum atomic E-state index is 13.6. The minimum Gasteiger partial charge on any atom is -0.370 e. The first-order chi connectivity index (χ1) is 10.4. The van der Waals surface area contributed by atoms with Gasteiger partial charge in [-0.1, -0.05) is 0 Å². The predicted octanol–water partition coefficient (Wildman–Crippen LogP) is 2.55. The molecule has 0 unspecified atom stereocenters. The average molecular weight is 307 g/mol. The quantitative estimate of drug-likeness (QED) is 0.922. The molecule has 0 atom stereocenters. The molecule has 1 aliphatic rings.